The summed E-state index contributed by atoms with van der Waals surface area (Å²) in [6, 6.07) is 21.2. The molecule has 0 saturated heterocycles. The topological polar surface area (TPSA) is 25.8 Å². The highest BCUT2D eigenvalue weighted by Crippen LogP contribution is 2.35. The molecular formula is C26H28N2S2. The van der Waals surface area contributed by atoms with Gasteiger partial charge in [0.25, 0.3) is 0 Å². The van der Waals surface area contributed by atoms with Gasteiger partial charge in [-0.2, -0.15) is 0 Å². The Kier molecular flexibility index (Phi) is 7.44. The summed E-state index contributed by atoms with van der Waals surface area (Å²) >= 11 is 3.70. The third-order valence-corrected chi connectivity index (χ3v) is 7.69. The van der Waals surface area contributed by atoms with E-state index in [9.17, 15) is 0 Å². The standard InChI is InChI=1S/C26H28N2S2/c1-2-11-22(26-28-19-24(30-26)21-14-7-4-8-15-21)16-9-10-17-25-27-18-23(29-25)20-12-5-3-6-13-20/h3-8,12-15,18-19,22H,2,9-11,16-17H2,1H3. The Hall–Kier alpha value is -2.30. The van der Waals surface area contributed by atoms with E-state index in [1.807, 2.05) is 28.9 Å². The van der Waals surface area contributed by atoms with E-state index in [-0.39, 0.29) is 0 Å². The van der Waals surface area contributed by atoms with Crippen molar-refractivity contribution in [2.75, 3.05) is 0 Å². The Morgan fingerprint density at radius 1 is 0.733 bits per heavy atom. The number of benzene rings is 2. The molecule has 0 amide bonds. The number of rotatable bonds is 10. The van der Waals surface area contributed by atoms with Crippen LogP contribution in [0.4, 0.5) is 0 Å². The molecule has 2 heterocycles. The largest absolute Gasteiger partial charge is 0.249 e. The van der Waals surface area contributed by atoms with E-state index in [1.54, 1.807) is 0 Å². The number of hydrogen-bond acceptors (Lipinski definition) is 4. The maximum absolute atomic E-state index is 4.79. The normalized spacial score (nSPS) is 12.2. The second-order valence-corrected chi connectivity index (χ2v) is 9.82. The highest BCUT2D eigenvalue weighted by Gasteiger charge is 2.15. The zero-order chi connectivity index (χ0) is 20.6. The number of hydrogen-bond donors (Lipinski definition) is 0. The van der Waals surface area contributed by atoms with Crippen LogP contribution in [0.1, 0.15) is 55.0 Å². The summed E-state index contributed by atoms with van der Waals surface area (Å²) in [6.07, 6.45) is 11.2. The first-order valence-electron chi connectivity index (χ1n) is 10.8. The van der Waals surface area contributed by atoms with Crippen molar-refractivity contribution in [2.24, 2.45) is 0 Å². The number of thiazole rings is 2. The average molecular weight is 433 g/mol. The Morgan fingerprint density at radius 2 is 1.37 bits per heavy atom. The molecule has 30 heavy (non-hydrogen) atoms. The zero-order valence-corrected chi connectivity index (χ0v) is 19.1. The third kappa shape index (κ3) is 5.44. The van der Waals surface area contributed by atoms with Crippen LogP contribution in [0.5, 0.6) is 0 Å². The Bertz CT molecular complexity index is 1020. The highest BCUT2D eigenvalue weighted by atomic mass is 32.1. The Morgan fingerprint density at radius 3 is 2.03 bits per heavy atom. The molecule has 0 radical (unpaired) electrons. The summed E-state index contributed by atoms with van der Waals surface area (Å²) in [6.45, 7) is 2.28. The van der Waals surface area contributed by atoms with E-state index in [0.717, 1.165) is 6.42 Å². The van der Waals surface area contributed by atoms with Gasteiger partial charge >= 0.3 is 0 Å². The molecular weight excluding hydrogens is 404 g/mol. The maximum atomic E-state index is 4.79. The minimum atomic E-state index is 0.577. The first kappa shape index (κ1) is 21.0. The molecule has 1 atom stereocenters. The van der Waals surface area contributed by atoms with Crippen molar-refractivity contribution in [1.82, 2.24) is 9.97 Å². The van der Waals surface area contributed by atoms with Crippen LogP contribution in [0.2, 0.25) is 0 Å². The molecule has 4 heteroatoms. The molecule has 2 aromatic heterocycles. The van der Waals surface area contributed by atoms with E-state index >= 15 is 0 Å². The lowest BCUT2D eigenvalue weighted by Gasteiger charge is -2.13. The molecule has 0 spiro atoms. The molecule has 0 aliphatic heterocycles. The summed E-state index contributed by atoms with van der Waals surface area (Å²) in [7, 11) is 0. The van der Waals surface area contributed by atoms with Crippen LogP contribution in [-0.2, 0) is 6.42 Å². The molecule has 154 valence electrons. The second kappa shape index (κ2) is 10.6. The van der Waals surface area contributed by atoms with Crippen molar-refractivity contribution >= 4 is 22.7 Å². The minimum absolute atomic E-state index is 0.577. The summed E-state index contributed by atoms with van der Waals surface area (Å²) in [5, 5.41) is 2.55. The number of unbranched alkanes of at least 4 members (excludes halogenated alkanes) is 1. The minimum Gasteiger partial charge on any atom is -0.249 e. The summed E-state index contributed by atoms with van der Waals surface area (Å²) < 4.78 is 0. The van der Waals surface area contributed by atoms with Gasteiger partial charge in [-0.05, 0) is 36.8 Å². The maximum Gasteiger partial charge on any atom is 0.0962 e. The van der Waals surface area contributed by atoms with Crippen molar-refractivity contribution < 1.29 is 0 Å². The molecule has 1 unspecified atom stereocenters. The smallest absolute Gasteiger partial charge is 0.0962 e. The van der Waals surface area contributed by atoms with Crippen molar-refractivity contribution in [3.05, 3.63) is 83.1 Å². The molecule has 0 saturated carbocycles. The monoisotopic (exact) mass is 432 g/mol. The molecule has 4 rings (SSSR count). The van der Waals surface area contributed by atoms with Crippen molar-refractivity contribution in [3.8, 4) is 20.9 Å². The van der Waals surface area contributed by atoms with Gasteiger partial charge in [-0.3, -0.25) is 0 Å². The number of aromatic nitrogens is 2. The summed E-state index contributed by atoms with van der Waals surface area (Å²) in [4.78, 5) is 12.0. The van der Waals surface area contributed by atoms with E-state index in [4.69, 9.17) is 4.98 Å². The highest BCUT2D eigenvalue weighted by molar-refractivity contribution is 7.15. The van der Waals surface area contributed by atoms with Crippen molar-refractivity contribution in [3.63, 3.8) is 0 Å². The van der Waals surface area contributed by atoms with Gasteiger partial charge in [-0.25, -0.2) is 9.97 Å². The van der Waals surface area contributed by atoms with E-state index < -0.39 is 0 Å². The van der Waals surface area contributed by atoms with E-state index in [1.165, 1.54) is 63.0 Å². The van der Waals surface area contributed by atoms with Crippen LogP contribution in [0.15, 0.2) is 73.1 Å². The quantitative estimate of drug-likeness (QED) is 0.236. The van der Waals surface area contributed by atoms with Gasteiger partial charge in [0.1, 0.15) is 0 Å². The number of nitrogens with zero attached hydrogens (tertiary/aromatic N) is 2. The molecule has 2 aromatic carbocycles. The first-order chi connectivity index (χ1) is 14.8. The van der Waals surface area contributed by atoms with Gasteiger partial charge in [0, 0.05) is 18.3 Å². The van der Waals surface area contributed by atoms with Crippen LogP contribution in [0.3, 0.4) is 0 Å². The lowest BCUT2D eigenvalue weighted by molar-refractivity contribution is 0.529. The molecule has 2 nitrogen and oxygen atoms in total. The van der Waals surface area contributed by atoms with Crippen molar-refractivity contribution in [2.45, 2.75) is 51.4 Å². The molecule has 4 aromatic rings. The van der Waals surface area contributed by atoms with Crippen LogP contribution < -0.4 is 0 Å². The van der Waals surface area contributed by atoms with Gasteiger partial charge in [0.2, 0.25) is 0 Å². The molecule has 0 bridgehead atoms. The summed E-state index contributed by atoms with van der Waals surface area (Å²) in [5.41, 5.74) is 2.54. The van der Waals surface area contributed by atoms with Gasteiger partial charge in [-0.15, -0.1) is 22.7 Å². The molecule has 0 aliphatic rings. The van der Waals surface area contributed by atoms with Gasteiger partial charge in [0.15, 0.2) is 0 Å². The van der Waals surface area contributed by atoms with Gasteiger partial charge in [-0.1, -0.05) is 80.4 Å². The van der Waals surface area contributed by atoms with Crippen molar-refractivity contribution in [1.29, 1.82) is 0 Å². The van der Waals surface area contributed by atoms with E-state index in [2.05, 4.69) is 78.8 Å². The predicted molar refractivity (Wildman–Crippen MR) is 130 cm³/mol. The Labute approximate surface area is 187 Å². The Balaban J connectivity index is 1.31. The fourth-order valence-corrected chi connectivity index (χ4v) is 5.84. The van der Waals surface area contributed by atoms with Crippen LogP contribution in [-0.4, -0.2) is 9.97 Å². The lowest BCUT2D eigenvalue weighted by Crippen LogP contribution is -1.98. The fourth-order valence-electron chi connectivity index (χ4n) is 3.78. The number of aryl methyl sites for hydroxylation is 1. The zero-order valence-electron chi connectivity index (χ0n) is 17.5. The van der Waals surface area contributed by atoms with Crippen LogP contribution in [0, 0.1) is 0 Å². The summed E-state index contributed by atoms with van der Waals surface area (Å²) in [5.74, 6) is 0.577. The first-order valence-corrected chi connectivity index (χ1v) is 12.5. The lowest BCUT2D eigenvalue weighted by atomic mass is 9.97. The van der Waals surface area contributed by atoms with Gasteiger partial charge < -0.3 is 0 Å². The predicted octanol–water partition coefficient (Wildman–Crippen LogP) is 8.23. The van der Waals surface area contributed by atoms with E-state index in [0.29, 0.717) is 5.92 Å². The van der Waals surface area contributed by atoms with Crippen LogP contribution >= 0.6 is 22.7 Å². The third-order valence-electron chi connectivity index (χ3n) is 5.37. The van der Waals surface area contributed by atoms with Crippen LogP contribution in [0.25, 0.3) is 20.9 Å². The molecule has 0 N–H and O–H groups in total. The molecule has 0 fully saturated rings. The second-order valence-electron chi connectivity index (χ2n) is 7.64. The molecule has 0 aliphatic carbocycles. The van der Waals surface area contributed by atoms with Gasteiger partial charge in [0.05, 0.1) is 19.8 Å². The fraction of sp³-hybridized carbons (Fsp3) is 0.308. The SMILES string of the molecule is CCCC(CCCCc1ncc(-c2ccccc2)s1)c1ncc(-c2ccccc2)s1. The average Bonchev–Trinajstić information content (AvgIpc) is 3.47.